The SMILES string of the molecule is CCSc1cccc(N(C)CCc2cccs2)c1C(=O)O. The van der Waals surface area contributed by atoms with Gasteiger partial charge in [-0.05, 0) is 35.8 Å². The van der Waals surface area contributed by atoms with E-state index in [4.69, 9.17) is 0 Å². The number of anilines is 1. The largest absolute Gasteiger partial charge is 0.478 e. The van der Waals surface area contributed by atoms with Crippen LogP contribution < -0.4 is 4.90 Å². The monoisotopic (exact) mass is 321 g/mol. The van der Waals surface area contributed by atoms with Gasteiger partial charge in [-0.25, -0.2) is 4.79 Å². The fourth-order valence-electron chi connectivity index (χ4n) is 2.18. The van der Waals surface area contributed by atoms with E-state index in [2.05, 4.69) is 11.4 Å². The molecule has 3 nitrogen and oxygen atoms in total. The summed E-state index contributed by atoms with van der Waals surface area (Å²) in [5.74, 6) is 0.00681. The van der Waals surface area contributed by atoms with E-state index in [0.29, 0.717) is 5.56 Å². The molecular formula is C16H19NO2S2. The van der Waals surface area contributed by atoms with Gasteiger partial charge in [0, 0.05) is 23.4 Å². The molecule has 0 radical (unpaired) electrons. The van der Waals surface area contributed by atoms with E-state index in [1.54, 1.807) is 23.1 Å². The third-order valence-electron chi connectivity index (χ3n) is 3.20. The zero-order valence-electron chi connectivity index (χ0n) is 12.2. The van der Waals surface area contributed by atoms with Crippen molar-refractivity contribution in [3.05, 3.63) is 46.2 Å². The number of thioether (sulfide) groups is 1. The maximum atomic E-state index is 11.6. The summed E-state index contributed by atoms with van der Waals surface area (Å²) in [5.41, 5.74) is 1.20. The van der Waals surface area contributed by atoms with Crippen molar-refractivity contribution in [3.8, 4) is 0 Å². The molecule has 0 bridgehead atoms. The zero-order chi connectivity index (χ0) is 15.2. The number of benzene rings is 1. The summed E-state index contributed by atoms with van der Waals surface area (Å²) in [6.07, 6.45) is 0.929. The van der Waals surface area contributed by atoms with E-state index in [0.717, 1.165) is 29.3 Å². The molecule has 112 valence electrons. The normalized spacial score (nSPS) is 10.6. The smallest absolute Gasteiger partial charge is 0.338 e. The van der Waals surface area contributed by atoms with Crippen molar-refractivity contribution in [3.63, 3.8) is 0 Å². The van der Waals surface area contributed by atoms with Crippen LogP contribution in [0.15, 0.2) is 40.6 Å². The minimum absolute atomic E-state index is 0.415. The number of likely N-dealkylation sites (N-methyl/N-ethyl adjacent to an activating group) is 1. The maximum absolute atomic E-state index is 11.6. The third-order valence-corrected chi connectivity index (χ3v) is 5.08. The summed E-state index contributed by atoms with van der Waals surface area (Å²) in [4.78, 5) is 15.8. The first-order valence-electron chi connectivity index (χ1n) is 6.86. The average Bonchev–Trinajstić information content (AvgIpc) is 2.98. The van der Waals surface area contributed by atoms with Crippen molar-refractivity contribution in [2.45, 2.75) is 18.2 Å². The Kier molecular flexibility index (Phi) is 5.70. The second-order valence-corrected chi connectivity index (χ2v) is 6.98. The molecule has 2 rings (SSSR count). The van der Waals surface area contributed by atoms with E-state index in [1.165, 1.54) is 4.88 Å². The Balaban J connectivity index is 2.20. The summed E-state index contributed by atoms with van der Waals surface area (Å²) in [5, 5.41) is 11.6. The molecule has 0 saturated heterocycles. The molecule has 0 atom stereocenters. The van der Waals surface area contributed by atoms with Crippen molar-refractivity contribution in [2.24, 2.45) is 0 Å². The minimum atomic E-state index is -0.857. The van der Waals surface area contributed by atoms with Gasteiger partial charge in [0.05, 0.1) is 11.3 Å². The van der Waals surface area contributed by atoms with Gasteiger partial charge < -0.3 is 10.0 Å². The predicted molar refractivity (Wildman–Crippen MR) is 91.1 cm³/mol. The van der Waals surface area contributed by atoms with Gasteiger partial charge >= 0.3 is 5.97 Å². The van der Waals surface area contributed by atoms with E-state index < -0.39 is 5.97 Å². The quantitative estimate of drug-likeness (QED) is 0.775. The number of hydrogen-bond acceptors (Lipinski definition) is 4. The van der Waals surface area contributed by atoms with Crippen LogP contribution in [0, 0.1) is 0 Å². The first kappa shape index (κ1) is 15.9. The van der Waals surface area contributed by atoms with Crippen LogP contribution in [0.2, 0.25) is 0 Å². The van der Waals surface area contributed by atoms with Gasteiger partial charge in [-0.1, -0.05) is 19.1 Å². The molecule has 1 aromatic carbocycles. The molecule has 0 spiro atoms. The minimum Gasteiger partial charge on any atom is -0.478 e. The first-order chi connectivity index (χ1) is 10.1. The van der Waals surface area contributed by atoms with E-state index in [-0.39, 0.29) is 0 Å². The Morgan fingerprint density at radius 1 is 1.33 bits per heavy atom. The molecule has 0 aliphatic carbocycles. The van der Waals surface area contributed by atoms with Crippen molar-refractivity contribution in [2.75, 3.05) is 24.2 Å². The van der Waals surface area contributed by atoms with E-state index in [1.807, 2.05) is 43.1 Å². The molecule has 1 aromatic heterocycles. The number of rotatable bonds is 7. The number of carboxylic acids is 1. The third kappa shape index (κ3) is 4.02. The van der Waals surface area contributed by atoms with E-state index in [9.17, 15) is 9.90 Å². The number of aromatic carboxylic acids is 1. The lowest BCUT2D eigenvalue weighted by Gasteiger charge is -2.22. The number of carboxylic acid groups (broad SMARTS) is 1. The number of carbonyl (C=O) groups is 1. The Hall–Kier alpha value is -1.46. The summed E-state index contributed by atoms with van der Waals surface area (Å²) >= 11 is 3.31. The summed E-state index contributed by atoms with van der Waals surface area (Å²) < 4.78 is 0. The van der Waals surface area contributed by atoms with Gasteiger partial charge in [-0.15, -0.1) is 23.1 Å². The summed E-state index contributed by atoms with van der Waals surface area (Å²) in [7, 11) is 1.95. The molecular weight excluding hydrogens is 302 g/mol. The number of hydrogen-bond donors (Lipinski definition) is 1. The number of nitrogens with zero attached hydrogens (tertiary/aromatic N) is 1. The molecule has 0 unspecified atom stereocenters. The van der Waals surface area contributed by atoms with Crippen molar-refractivity contribution >= 4 is 34.8 Å². The molecule has 21 heavy (non-hydrogen) atoms. The highest BCUT2D eigenvalue weighted by Gasteiger charge is 2.18. The van der Waals surface area contributed by atoms with Crippen LogP contribution in [0.4, 0.5) is 5.69 Å². The molecule has 2 aromatic rings. The fourth-order valence-corrected chi connectivity index (χ4v) is 3.70. The summed E-state index contributed by atoms with van der Waals surface area (Å²) in [6, 6.07) is 9.86. The van der Waals surface area contributed by atoms with Crippen molar-refractivity contribution < 1.29 is 9.90 Å². The van der Waals surface area contributed by atoms with Gasteiger partial charge in [-0.2, -0.15) is 0 Å². The zero-order valence-corrected chi connectivity index (χ0v) is 13.8. The highest BCUT2D eigenvalue weighted by Crippen LogP contribution is 2.30. The van der Waals surface area contributed by atoms with Crippen LogP contribution >= 0.6 is 23.1 Å². The lowest BCUT2D eigenvalue weighted by molar-refractivity contribution is 0.0694. The molecule has 0 amide bonds. The van der Waals surface area contributed by atoms with E-state index >= 15 is 0 Å². The Bertz CT molecular complexity index is 596. The van der Waals surface area contributed by atoms with Crippen molar-refractivity contribution in [1.82, 2.24) is 0 Å². The second-order valence-electron chi connectivity index (χ2n) is 4.64. The van der Waals surface area contributed by atoms with Crippen molar-refractivity contribution in [1.29, 1.82) is 0 Å². The molecule has 0 aliphatic heterocycles. The average molecular weight is 321 g/mol. The Morgan fingerprint density at radius 2 is 2.14 bits per heavy atom. The lowest BCUT2D eigenvalue weighted by atomic mass is 10.1. The predicted octanol–water partition coefficient (Wildman–Crippen LogP) is 4.24. The molecule has 0 fully saturated rings. The van der Waals surface area contributed by atoms with Crippen LogP contribution in [0.1, 0.15) is 22.2 Å². The lowest BCUT2D eigenvalue weighted by Crippen LogP contribution is -2.22. The fraction of sp³-hybridized carbons (Fsp3) is 0.312. The van der Waals surface area contributed by atoms with Crippen LogP contribution in [0.5, 0.6) is 0 Å². The van der Waals surface area contributed by atoms with Crippen LogP contribution in [-0.4, -0.2) is 30.4 Å². The molecule has 1 N–H and O–H groups in total. The molecule has 0 aliphatic rings. The molecule has 5 heteroatoms. The van der Waals surface area contributed by atoms with Gasteiger partial charge in [-0.3, -0.25) is 0 Å². The molecule has 1 heterocycles. The van der Waals surface area contributed by atoms with Gasteiger partial charge in [0.15, 0.2) is 0 Å². The Morgan fingerprint density at radius 3 is 2.76 bits per heavy atom. The van der Waals surface area contributed by atoms with Crippen LogP contribution in [-0.2, 0) is 6.42 Å². The topological polar surface area (TPSA) is 40.5 Å². The highest BCUT2D eigenvalue weighted by molar-refractivity contribution is 7.99. The first-order valence-corrected chi connectivity index (χ1v) is 8.72. The number of thiophene rings is 1. The van der Waals surface area contributed by atoms with Gasteiger partial charge in [0.25, 0.3) is 0 Å². The van der Waals surface area contributed by atoms with Crippen LogP contribution in [0.3, 0.4) is 0 Å². The van der Waals surface area contributed by atoms with Crippen LogP contribution in [0.25, 0.3) is 0 Å². The standard InChI is InChI=1S/C16H19NO2S2/c1-3-20-14-8-4-7-13(15(14)16(18)19)17(2)10-9-12-6-5-11-21-12/h4-8,11H,3,9-10H2,1-2H3,(H,18,19). The van der Waals surface area contributed by atoms with Gasteiger partial charge in [0.1, 0.15) is 0 Å². The molecule has 0 saturated carbocycles. The summed E-state index contributed by atoms with van der Waals surface area (Å²) in [6.45, 7) is 2.84. The highest BCUT2D eigenvalue weighted by atomic mass is 32.2. The second kappa shape index (κ2) is 7.52. The maximum Gasteiger partial charge on any atom is 0.338 e. The van der Waals surface area contributed by atoms with Gasteiger partial charge in [0.2, 0.25) is 0 Å². The Labute approximate surface area is 133 Å².